The quantitative estimate of drug-likeness (QED) is 0.793. The maximum absolute atomic E-state index is 11.5. The monoisotopic (exact) mass is 285 g/mol. The lowest BCUT2D eigenvalue weighted by Crippen LogP contribution is -2.45. The van der Waals surface area contributed by atoms with Crippen LogP contribution in [0.5, 0.6) is 0 Å². The first-order valence-electron chi connectivity index (χ1n) is 5.87. The van der Waals surface area contributed by atoms with Gasteiger partial charge in [-0.15, -0.1) is 24.8 Å². The first-order valence-corrected chi connectivity index (χ1v) is 5.87. The third-order valence-electron chi connectivity index (χ3n) is 2.95. The Kier molecular flexibility index (Phi) is 11.3. The summed E-state index contributed by atoms with van der Waals surface area (Å²) in [6.07, 6.45) is 2.58. The van der Waals surface area contributed by atoms with Gasteiger partial charge >= 0.3 is 0 Å². The third-order valence-corrected chi connectivity index (χ3v) is 2.95. The number of likely N-dealkylation sites (tertiary alicyclic amines) is 1. The number of nitrogens with zero attached hydrogens (tertiary/aromatic N) is 1. The summed E-state index contributed by atoms with van der Waals surface area (Å²) >= 11 is 0. The molecule has 6 heteroatoms. The van der Waals surface area contributed by atoms with E-state index in [0.29, 0.717) is 0 Å². The van der Waals surface area contributed by atoms with Gasteiger partial charge in [-0.2, -0.15) is 0 Å². The number of hydrogen-bond donors (Lipinski definition) is 2. The molecule has 104 valence electrons. The van der Waals surface area contributed by atoms with E-state index < -0.39 is 0 Å². The van der Waals surface area contributed by atoms with Gasteiger partial charge in [0.05, 0.1) is 6.04 Å². The molecule has 0 saturated carbocycles. The average Bonchev–Trinajstić information content (AvgIpc) is 2.69. The van der Waals surface area contributed by atoms with Gasteiger partial charge in [-0.1, -0.05) is 13.8 Å². The first-order chi connectivity index (χ1) is 7.11. The van der Waals surface area contributed by atoms with Crippen LogP contribution >= 0.6 is 24.8 Å². The van der Waals surface area contributed by atoms with Crippen LogP contribution in [0.3, 0.4) is 0 Å². The Bertz CT molecular complexity index is 209. The Labute approximate surface area is 117 Å². The highest BCUT2D eigenvalue weighted by atomic mass is 35.5. The molecule has 0 aromatic heterocycles. The van der Waals surface area contributed by atoms with Crippen LogP contribution in [0.25, 0.3) is 0 Å². The van der Waals surface area contributed by atoms with Crippen molar-refractivity contribution < 1.29 is 4.79 Å². The molecular formula is C11H25Cl2N3O. The van der Waals surface area contributed by atoms with E-state index in [9.17, 15) is 4.79 Å². The van der Waals surface area contributed by atoms with Gasteiger partial charge < -0.3 is 16.0 Å². The summed E-state index contributed by atoms with van der Waals surface area (Å²) in [5, 5.41) is 2.89. The van der Waals surface area contributed by atoms with Crippen LogP contribution in [0.15, 0.2) is 0 Å². The summed E-state index contributed by atoms with van der Waals surface area (Å²) in [4.78, 5) is 13.9. The van der Waals surface area contributed by atoms with E-state index in [1.807, 2.05) is 13.8 Å². The van der Waals surface area contributed by atoms with Crippen molar-refractivity contribution in [1.82, 2.24) is 10.2 Å². The maximum atomic E-state index is 11.5. The molecule has 0 radical (unpaired) electrons. The van der Waals surface area contributed by atoms with E-state index in [0.717, 1.165) is 13.1 Å². The molecule has 0 aromatic rings. The Morgan fingerprint density at radius 3 is 2.29 bits per heavy atom. The van der Waals surface area contributed by atoms with Crippen molar-refractivity contribution in [1.29, 1.82) is 0 Å². The molecule has 1 heterocycles. The van der Waals surface area contributed by atoms with Crippen molar-refractivity contribution in [3.8, 4) is 0 Å². The minimum Gasteiger partial charge on any atom is -0.353 e. The van der Waals surface area contributed by atoms with Crippen LogP contribution < -0.4 is 11.1 Å². The second kappa shape index (κ2) is 9.95. The number of nitrogens with one attached hydrogen (secondary N) is 1. The number of halogens is 2. The first kappa shape index (κ1) is 19.3. The van der Waals surface area contributed by atoms with E-state index in [-0.39, 0.29) is 42.7 Å². The molecule has 1 amide bonds. The van der Waals surface area contributed by atoms with Crippen molar-refractivity contribution in [3.63, 3.8) is 0 Å². The van der Waals surface area contributed by atoms with Gasteiger partial charge in [0, 0.05) is 13.1 Å². The van der Waals surface area contributed by atoms with Crippen LogP contribution in [-0.4, -0.2) is 43.0 Å². The summed E-state index contributed by atoms with van der Waals surface area (Å²) in [7, 11) is 0. The zero-order valence-corrected chi connectivity index (χ0v) is 12.3. The van der Waals surface area contributed by atoms with E-state index in [1.165, 1.54) is 25.9 Å². The van der Waals surface area contributed by atoms with Gasteiger partial charge in [0.1, 0.15) is 0 Å². The van der Waals surface area contributed by atoms with Gasteiger partial charge in [-0.25, -0.2) is 0 Å². The lowest BCUT2D eigenvalue weighted by molar-refractivity contribution is -0.123. The van der Waals surface area contributed by atoms with Gasteiger partial charge in [0.15, 0.2) is 0 Å². The predicted molar refractivity (Wildman–Crippen MR) is 76.0 cm³/mol. The van der Waals surface area contributed by atoms with E-state index in [4.69, 9.17) is 5.73 Å². The van der Waals surface area contributed by atoms with Crippen molar-refractivity contribution >= 4 is 30.7 Å². The fraction of sp³-hybridized carbons (Fsp3) is 0.909. The fourth-order valence-corrected chi connectivity index (χ4v) is 1.76. The number of carbonyl (C=O) groups excluding carboxylic acids is 1. The van der Waals surface area contributed by atoms with Crippen LogP contribution in [0.1, 0.15) is 26.7 Å². The summed E-state index contributed by atoms with van der Waals surface area (Å²) in [6.45, 7) is 7.95. The van der Waals surface area contributed by atoms with Crippen molar-refractivity contribution in [3.05, 3.63) is 0 Å². The van der Waals surface area contributed by atoms with Crippen molar-refractivity contribution in [2.75, 3.05) is 26.2 Å². The molecule has 0 aromatic carbocycles. The minimum absolute atomic E-state index is 0. The number of amides is 1. The standard InChI is InChI=1S/C11H23N3O.2ClH/c1-9(2)10(12)11(15)13-5-8-14-6-3-4-7-14;;/h9-10H,3-8,12H2,1-2H3,(H,13,15);2*1H/t10-;;/m1../s1. The van der Waals surface area contributed by atoms with Crippen LogP contribution in [0.2, 0.25) is 0 Å². The molecule has 17 heavy (non-hydrogen) atoms. The van der Waals surface area contributed by atoms with Crippen LogP contribution in [0.4, 0.5) is 0 Å². The molecule has 0 spiro atoms. The molecule has 1 saturated heterocycles. The predicted octanol–water partition coefficient (Wildman–Crippen LogP) is 1.03. The summed E-state index contributed by atoms with van der Waals surface area (Å²) in [5.41, 5.74) is 5.73. The van der Waals surface area contributed by atoms with Crippen LogP contribution in [-0.2, 0) is 4.79 Å². The molecule has 1 aliphatic rings. The molecule has 0 aliphatic carbocycles. The summed E-state index contributed by atoms with van der Waals surface area (Å²) in [6, 6.07) is -0.372. The Balaban J connectivity index is 0. The largest absolute Gasteiger partial charge is 0.353 e. The molecule has 1 fully saturated rings. The third kappa shape index (κ3) is 7.09. The molecule has 4 nitrogen and oxygen atoms in total. The zero-order chi connectivity index (χ0) is 11.3. The van der Waals surface area contributed by atoms with Crippen molar-refractivity contribution in [2.24, 2.45) is 11.7 Å². The number of hydrogen-bond acceptors (Lipinski definition) is 3. The molecule has 0 bridgehead atoms. The topological polar surface area (TPSA) is 58.4 Å². The van der Waals surface area contributed by atoms with E-state index in [1.54, 1.807) is 0 Å². The highest BCUT2D eigenvalue weighted by Crippen LogP contribution is 2.05. The van der Waals surface area contributed by atoms with E-state index >= 15 is 0 Å². The van der Waals surface area contributed by atoms with Gasteiger partial charge in [-0.3, -0.25) is 4.79 Å². The molecule has 1 aliphatic heterocycles. The van der Waals surface area contributed by atoms with Gasteiger partial charge in [0.25, 0.3) is 0 Å². The Hall–Kier alpha value is -0.0300. The number of nitrogens with two attached hydrogens (primary N) is 1. The highest BCUT2D eigenvalue weighted by molar-refractivity contribution is 5.85. The second-order valence-electron chi connectivity index (χ2n) is 4.61. The Morgan fingerprint density at radius 2 is 1.82 bits per heavy atom. The van der Waals surface area contributed by atoms with E-state index in [2.05, 4.69) is 10.2 Å². The zero-order valence-electron chi connectivity index (χ0n) is 10.6. The normalized spacial score (nSPS) is 17.2. The van der Waals surface area contributed by atoms with Gasteiger partial charge in [-0.05, 0) is 31.8 Å². The van der Waals surface area contributed by atoms with Crippen molar-refractivity contribution in [2.45, 2.75) is 32.7 Å². The number of rotatable bonds is 5. The molecule has 0 unspecified atom stereocenters. The SMILES string of the molecule is CC(C)[C@@H](N)C(=O)NCCN1CCCC1.Cl.Cl. The van der Waals surface area contributed by atoms with Gasteiger partial charge in [0.2, 0.25) is 5.91 Å². The van der Waals surface area contributed by atoms with Crippen LogP contribution in [0, 0.1) is 5.92 Å². The smallest absolute Gasteiger partial charge is 0.237 e. The lowest BCUT2D eigenvalue weighted by atomic mass is 10.1. The summed E-state index contributed by atoms with van der Waals surface area (Å²) in [5.74, 6) is 0.181. The Morgan fingerprint density at radius 1 is 1.29 bits per heavy atom. The highest BCUT2D eigenvalue weighted by Gasteiger charge is 2.17. The molecule has 1 atom stereocenters. The average molecular weight is 286 g/mol. The molecule has 3 N–H and O–H groups in total. The fourth-order valence-electron chi connectivity index (χ4n) is 1.76. The number of carbonyl (C=O) groups is 1. The minimum atomic E-state index is -0.372. The molecule has 1 rings (SSSR count). The second-order valence-corrected chi connectivity index (χ2v) is 4.61. The maximum Gasteiger partial charge on any atom is 0.237 e. The lowest BCUT2D eigenvalue weighted by Gasteiger charge is -2.18. The molecular weight excluding hydrogens is 261 g/mol. The summed E-state index contributed by atoms with van der Waals surface area (Å²) < 4.78 is 0.